The van der Waals surface area contributed by atoms with Gasteiger partial charge in [-0.25, -0.2) is 8.78 Å². The standard InChI is InChI=1S/C15H11BrF2O2/c1-20-11-3-4-12(14(18)8-11)15(19)7-9-6-10(17)2-5-13(9)16/h2-6,8H,7H2,1H3. The molecule has 0 heterocycles. The van der Waals surface area contributed by atoms with E-state index in [2.05, 4.69) is 15.9 Å². The maximum atomic E-state index is 13.8. The van der Waals surface area contributed by atoms with Crippen molar-refractivity contribution < 1.29 is 18.3 Å². The lowest BCUT2D eigenvalue weighted by atomic mass is 10.0. The highest BCUT2D eigenvalue weighted by Gasteiger charge is 2.15. The first kappa shape index (κ1) is 14.7. The fourth-order valence-electron chi connectivity index (χ4n) is 1.80. The molecule has 0 aliphatic heterocycles. The molecule has 0 saturated heterocycles. The van der Waals surface area contributed by atoms with Gasteiger partial charge in [0.25, 0.3) is 0 Å². The summed E-state index contributed by atoms with van der Waals surface area (Å²) in [5.41, 5.74) is 0.437. The van der Waals surface area contributed by atoms with Gasteiger partial charge < -0.3 is 4.74 Å². The molecule has 0 radical (unpaired) electrons. The Kier molecular flexibility index (Phi) is 4.49. The van der Waals surface area contributed by atoms with E-state index in [1.54, 1.807) is 0 Å². The quantitative estimate of drug-likeness (QED) is 0.781. The minimum absolute atomic E-state index is 0.0399. The summed E-state index contributed by atoms with van der Waals surface area (Å²) in [5, 5.41) is 0. The van der Waals surface area contributed by atoms with Gasteiger partial charge in [0.15, 0.2) is 5.78 Å². The van der Waals surface area contributed by atoms with Gasteiger partial charge >= 0.3 is 0 Å². The lowest BCUT2D eigenvalue weighted by Gasteiger charge is -2.07. The third-order valence-electron chi connectivity index (χ3n) is 2.84. The van der Waals surface area contributed by atoms with Crippen LogP contribution in [0.15, 0.2) is 40.9 Å². The van der Waals surface area contributed by atoms with Gasteiger partial charge in [0.1, 0.15) is 17.4 Å². The van der Waals surface area contributed by atoms with Crippen molar-refractivity contribution >= 4 is 21.7 Å². The number of halogens is 3. The van der Waals surface area contributed by atoms with E-state index in [0.717, 1.165) is 6.07 Å². The van der Waals surface area contributed by atoms with Gasteiger partial charge in [-0.2, -0.15) is 0 Å². The molecule has 2 nitrogen and oxygen atoms in total. The van der Waals surface area contributed by atoms with Gasteiger partial charge in [-0.1, -0.05) is 15.9 Å². The molecule has 0 saturated carbocycles. The van der Waals surface area contributed by atoms with Crippen molar-refractivity contribution in [3.05, 3.63) is 63.6 Å². The van der Waals surface area contributed by atoms with Gasteiger partial charge in [-0.05, 0) is 35.9 Å². The van der Waals surface area contributed by atoms with E-state index in [9.17, 15) is 13.6 Å². The summed E-state index contributed by atoms with van der Waals surface area (Å²) >= 11 is 3.24. The minimum atomic E-state index is -0.651. The van der Waals surface area contributed by atoms with E-state index in [0.29, 0.717) is 15.8 Å². The van der Waals surface area contributed by atoms with Crippen LogP contribution in [-0.4, -0.2) is 12.9 Å². The summed E-state index contributed by atoms with van der Waals surface area (Å²) < 4.78 is 32.4. The molecule has 0 spiro atoms. The van der Waals surface area contributed by atoms with Crippen molar-refractivity contribution in [1.82, 2.24) is 0 Å². The van der Waals surface area contributed by atoms with E-state index in [1.807, 2.05) is 0 Å². The topological polar surface area (TPSA) is 26.3 Å². The van der Waals surface area contributed by atoms with Crippen molar-refractivity contribution in [2.75, 3.05) is 7.11 Å². The molecule has 2 rings (SSSR count). The molecule has 104 valence electrons. The zero-order valence-corrected chi connectivity index (χ0v) is 12.2. The van der Waals surface area contributed by atoms with Crippen LogP contribution >= 0.6 is 15.9 Å². The van der Waals surface area contributed by atoms with Crippen molar-refractivity contribution in [2.24, 2.45) is 0 Å². The summed E-state index contributed by atoms with van der Waals surface area (Å²) in [6.07, 6.45) is -0.0818. The van der Waals surface area contributed by atoms with Crippen LogP contribution in [0.4, 0.5) is 8.78 Å². The average Bonchev–Trinajstić information content (AvgIpc) is 2.42. The van der Waals surface area contributed by atoms with Crippen LogP contribution in [0, 0.1) is 11.6 Å². The Bertz CT molecular complexity index is 656. The van der Waals surface area contributed by atoms with Gasteiger partial charge in [0, 0.05) is 17.0 Å². The van der Waals surface area contributed by atoms with E-state index in [4.69, 9.17) is 4.74 Å². The summed E-state index contributed by atoms with van der Waals surface area (Å²) in [6, 6.07) is 8.08. The Morgan fingerprint density at radius 3 is 2.60 bits per heavy atom. The Balaban J connectivity index is 2.26. The molecule has 0 aliphatic rings. The molecule has 5 heteroatoms. The first-order valence-electron chi connectivity index (χ1n) is 5.82. The monoisotopic (exact) mass is 340 g/mol. The largest absolute Gasteiger partial charge is 0.497 e. The van der Waals surface area contributed by atoms with Crippen LogP contribution in [0.2, 0.25) is 0 Å². The molecular weight excluding hydrogens is 330 g/mol. The highest BCUT2D eigenvalue weighted by Crippen LogP contribution is 2.22. The van der Waals surface area contributed by atoms with Crippen LogP contribution in [0.5, 0.6) is 5.75 Å². The van der Waals surface area contributed by atoms with Crippen molar-refractivity contribution in [1.29, 1.82) is 0 Å². The molecule has 0 fully saturated rings. The average molecular weight is 341 g/mol. The van der Waals surface area contributed by atoms with Gasteiger partial charge in [-0.15, -0.1) is 0 Å². The number of benzene rings is 2. The number of rotatable bonds is 4. The molecule has 2 aromatic rings. The molecule has 0 N–H and O–H groups in total. The van der Waals surface area contributed by atoms with Gasteiger partial charge in [0.2, 0.25) is 0 Å². The van der Waals surface area contributed by atoms with Crippen molar-refractivity contribution in [3.63, 3.8) is 0 Å². The second-order valence-corrected chi connectivity index (χ2v) is 5.04. The highest BCUT2D eigenvalue weighted by molar-refractivity contribution is 9.10. The maximum absolute atomic E-state index is 13.8. The Morgan fingerprint density at radius 2 is 1.95 bits per heavy atom. The number of ether oxygens (including phenoxy) is 1. The summed E-state index contributed by atoms with van der Waals surface area (Å²) in [5.74, 6) is -1.17. The third-order valence-corrected chi connectivity index (χ3v) is 3.61. The predicted octanol–water partition coefficient (Wildman–Crippen LogP) is 4.16. The van der Waals surface area contributed by atoms with Crippen molar-refractivity contribution in [3.8, 4) is 5.75 Å². The molecule has 20 heavy (non-hydrogen) atoms. The summed E-state index contributed by atoms with van der Waals surface area (Å²) in [4.78, 5) is 12.1. The zero-order chi connectivity index (χ0) is 14.7. The number of ketones is 1. The lowest BCUT2D eigenvalue weighted by Crippen LogP contribution is -2.07. The molecule has 0 aliphatic carbocycles. The van der Waals surface area contributed by atoms with Crippen LogP contribution < -0.4 is 4.74 Å². The number of carbonyl (C=O) groups is 1. The van der Waals surface area contributed by atoms with E-state index < -0.39 is 17.4 Å². The Hall–Kier alpha value is -1.75. The van der Waals surface area contributed by atoms with Crippen molar-refractivity contribution in [2.45, 2.75) is 6.42 Å². The van der Waals surface area contributed by atoms with Gasteiger partial charge in [-0.3, -0.25) is 4.79 Å². The second-order valence-electron chi connectivity index (χ2n) is 4.18. The first-order valence-corrected chi connectivity index (χ1v) is 6.61. The number of hydrogen-bond donors (Lipinski definition) is 0. The number of Topliss-reactive ketones (excluding diaryl/α,β-unsaturated/α-hetero) is 1. The van der Waals surface area contributed by atoms with E-state index in [1.165, 1.54) is 37.4 Å². The second kappa shape index (κ2) is 6.13. The van der Waals surface area contributed by atoms with E-state index in [-0.39, 0.29) is 12.0 Å². The van der Waals surface area contributed by atoms with Gasteiger partial charge in [0.05, 0.1) is 12.7 Å². The number of carbonyl (C=O) groups excluding carboxylic acids is 1. The maximum Gasteiger partial charge on any atom is 0.170 e. The number of methoxy groups -OCH3 is 1. The first-order chi connectivity index (χ1) is 9.51. The molecule has 0 bridgehead atoms. The smallest absolute Gasteiger partial charge is 0.170 e. The fourth-order valence-corrected chi connectivity index (χ4v) is 2.18. The fraction of sp³-hybridized carbons (Fsp3) is 0.133. The SMILES string of the molecule is COc1ccc(C(=O)Cc2cc(F)ccc2Br)c(F)c1. The van der Waals surface area contributed by atoms with Crippen LogP contribution in [0.3, 0.4) is 0 Å². The molecule has 0 amide bonds. The zero-order valence-electron chi connectivity index (χ0n) is 10.6. The molecule has 0 aromatic heterocycles. The Morgan fingerprint density at radius 1 is 1.20 bits per heavy atom. The molecule has 2 aromatic carbocycles. The van der Waals surface area contributed by atoms with Crippen LogP contribution in [-0.2, 0) is 6.42 Å². The predicted molar refractivity (Wildman–Crippen MR) is 75.1 cm³/mol. The van der Waals surface area contributed by atoms with E-state index >= 15 is 0 Å². The molecule has 0 unspecified atom stereocenters. The lowest BCUT2D eigenvalue weighted by molar-refractivity contribution is 0.0989. The normalized spacial score (nSPS) is 10.4. The summed E-state index contributed by atoms with van der Waals surface area (Å²) in [7, 11) is 1.42. The van der Waals surface area contributed by atoms with Crippen LogP contribution in [0.25, 0.3) is 0 Å². The number of hydrogen-bond acceptors (Lipinski definition) is 2. The highest BCUT2D eigenvalue weighted by atomic mass is 79.9. The van der Waals surface area contributed by atoms with Crippen LogP contribution in [0.1, 0.15) is 15.9 Å². The molecular formula is C15H11BrF2O2. The molecule has 0 atom stereocenters. The Labute approximate surface area is 123 Å². The third kappa shape index (κ3) is 3.22. The minimum Gasteiger partial charge on any atom is -0.497 e. The summed E-state index contributed by atoms with van der Waals surface area (Å²) in [6.45, 7) is 0.